The first-order chi connectivity index (χ1) is 13.3. The average molecular weight is 384 g/mol. The minimum atomic E-state index is 0.153. The van der Waals surface area contributed by atoms with Crippen molar-refractivity contribution in [2.24, 2.45) is 0 Å². The van der Waals surface area contributed by atoms with Crippen molar-refractivity contribution in [3.8, 4) is 5.75 Å². The second kappa shape index (κ2) is 10.6. The maximum absolute atomic E-state index is 10.7. The van der Waals surface area contributed by atoms with E-state index in [2.05, 4.69) is 62.9 Å². The second-order valence-corrected chi connectivity index (χ2v) is 8.43. The van der Waals surface area contributed by atoms with Crippen LogP contribution in [0.4, 0.5) is 0 Å². The van der Waals surface area contributed by atoms with Gasteiger partial charge < -0.3 is 9.84 Å². The molecule has 1 atom stereocenters. The smallest absolute Gasteiger partial charge is 0.119 e. The minimum absolute atomic E-state index is 0.153. The number of hydrogen-bond donors (Lipinski definition) is 1. The van der Waals surface area contributed by atoms with Crippen molar-refractivity contribution >= 4 is 0 Å². The second-order valence-electron chi connectivity index (χ2n) is 8.43. The number of benzene rings is 2. The van der Waals surface area contributed by atoms with Gasteiger partial charge in [-0.25, -0.2) is 0 Å². The van der Waals surface area contributed by atoms with Crippen molar-refractivity contribution in [3.05, 3.63) is 65.2 Å². The van der Waals surface area contributed by atoms with Gasteiger partial charge in [0.05, 0.1) is 12.7 Å². The highest BCUT2D eigenvalue weighted by atomic mass is 16.5. The number of aromatic hydroxyl groups is 1. The number of phenolic OH excluding ortho intramolecular Hbond substituents is 1. The molecule has 1 unspecified atom stereocenters. The van der Waals surface area contributed by atoms with Gasteiger partial charge in [0.1, 0.15) is 5.75 Å². The zero-order valence-corrected chi connectivity index (χ0v) is 18.4. The minimum Gasteiger partial charge on any atom is -0.508 e. The summed E-state index contributed by atoms with van der Waals surface area (Å²) >= 11 is 0. The number of phenols is 1. The summed E-state index contributed by atoms with van der Waals surface area (Å²) in [4.78, 5) is 2.51. The first-order valence-electron chi connectivity index (χ1n) is 10.5. The lowest BCUT2D eigenvalue weighted by molar-refractivity contribution is 0.0656. The Labute approximate surface area is 171 Å². The first-order valence-corrected chi connectivity index (χ1v) is 10.5. The summed E-state index contributed by atoms with van der Waals surface area (Å²) in [7, 11) is 0. The highest BCUT2D eigenvalue weighted by Crippen LogP contribution is 2.35. The third kappa shape index (κ3) is 6.35. The third-order valence-electron chi connectivity index (χ3n) is 5.26. The summed E-state index contributed by atoms with van der Waals surface area (Å²) in [6.45, 7) is 14.6. The van der Waals surface area contributed by atoms with E-state index in [-0.39, 0.29) is 12.0 Å². The molecule has 0 amide bonds. The molecule has 0 saturated carbocycles. The number of rotatable bonds is 10. The fraction of sp³-hybridized carbons (Fsp3) is 0.520. The van der Waals surface area contributed by atoms with Crippen LogP contribution in [0.3, 0.4) is 0 Å². The molecular weight excluding hydrogens is 346 g/mol. The van der Waals surface area contributed by atoms with E-state index in [1.54, 1.807) is 0 Å². The topological polar surface area (TPSA) is 32.7 Å². The number of hydrogen-bond acceptors (Lipinski definition) is 3. The van der Waals surface area contributed by atoms with Gasteiger partial charge in [-0.1, -0.05) is 36.4 Å². The molecule has 0 aliphatic rings. The van der Waals surface area contributed by atoms with E-state index in [1.165, 1.54) is 5.56 Å². The molecule has 154 valence electrons. The fourth-order valence-electron chi connectivity index (χ4n) is 3.81. The van der Waals surface area contributed by atoms with E-state index in [1.807, 2.05) is 32.0 Å². The van der Waals surface area contributed by atoms with E-state index in [0.29, 0.717) is 24.4 Å². The van der Waals surface area contributed by atoms with E-state index in [0.717, 1.165) is 24.1 Å². The molecule has 0 aromatic heterocycles. The zero-order valence-electron chi connectivity index (χ0n) is 18.4. The van der Waals surface area contributed by atoms with Crippen LogP contribution in [0, 0.1) is 0 Å². The Bertz CT molecular complexity index is 702. The van der Waals surface area contributed by atoms with Crippen molar-refractivity contribution < 1.29 is 9.84 Å². The standard InChI is InChI=1S/C25H37NO2/c1-18(2)26(19(3)4)15-14-23(22-10-8-7-9-11-22)24-16-21(12-13-25(24)27)17-28-20(5)6/h7-13,16,18-20,23,27H,14-15,17H2,1-6H3. The average Bonchev–Trinajstić information content (AvgIpc) is 2.65. The molecular formula is C25H37NO2. The lowest BCUT2D eigenvalue weighted by Gasteiger charge is -2.32. The van der Waals surface area contributed by atoms with Crippen molar-refractivity contribution in [1.29, 1.82) is 0 Å². The SMILES string of the molecule is CC(C)OCc1ccc(O)c(C(CCN(C(C)C)C(C)C)c2ccccc2)c1. The Morgan fingerprint density at radius 1 is 0.893 bits per heavy atom. The maximum Gasteiger partial charge on any atom is 0.119 e. The monoisotopic (exact) mass is 383 g/mol. The summed E-state index contributed by atoms with van der Waals surface area (Å²) < 4.78 is 5.78. The van der Waals surface area contributed by atoms with Crippen LogP contribution in [0.1, 0.15) is 70.6 Å². The van der Waals surface area contributed by atoms with Gasteiger partial charge in [0, 0.05) is 23.6 Å². The van der Waals surface area contributed by atoms with Crippen LogP contribution in [0.5, 0.6) is 5.75 Å². The van der Waals surface area contributed by atoms with Crippen LogP contribution < -0.4 is 0 Å². The van der Waals surface area contributed by atoms with Gasteiger partial charge in [-0.05, 0) is 77.8 Å². The fourth-order valence-corrected chi connectivity index (χ4v) is 3.81. The Kier molecular flexibility index (Phi) is 8.53. The van der Waals surface area contributed by atoms with Gasteiger partial charge in [0.15, 0.2) is 0 Å². The Morgan fingerprint density at radius 3 is 2.11 bits per heavy atom. The summed E-state index contributed by atoms with van der Waals surface area (Å²) in [5, 5.41) is 10.7. The van der Waals surface area contributed by atoms with Gasteiger partial charge in [0.2, 0.25) is 0 Å². The van der Waals surface area contributed by atoms with Crippen molar-refractivity contribution in [3.63, 3.8) is 0 Å². The van der Waals surface area contributed by atoms with E-state index in [4.69, 9.17) is 4.74 Å². The molecule has 3 nitrogen and oxygen atoms in total. The molecule has 0 aliphatic carbocycles. The molecule has 3 heteroatoms. The molecule has 28 heavy (non-hydrogen) atoms. The number of ether oxygens (including phenoxy) is 1. The molecule has 2 rings (SSSR count). The van der Waals surface area contributed by atoms with Gasteiger partial charge in [0.25, 0.3) is 0 Å². The summed E-state index contributed by atoms with van der Waals surface area (Å²) in [6.07, 6.45) is 1.15. The van der Waals surface area contributed by atoms with Gasteiger partial charge in [-0.15, -0.1) is 0 Å². The molecule has 0 radical (unpaired) electrons. The van der Waals surface area contributed by atoms with Crippen LogP contribution in [-0.2, 0) is 11.3 Å². The Morgan fingerprint density at radius 2 is 1.54 bits per heavy atom. The van der Waals surface area contributed by atoms with Crippen molar-refractivity contribution in [1.82, 2.24) is 4.90 Å². The molecule has 0 fully saturated rings. The van der Waals surface area contributed by atoms with Gasteiger partial charge in [-0.3, -0.25) is 4.90 Å². The molecule has 0 heterocycles. The van der Waals surface area contributed by atoms with Gasteiger partial charge in [-0.2, -0.15) is 0 Å². The quantitative estimate of drug-likeness (QED) is 0.549. The highest BCUT2D eigenvalue weighted by molar-refractivity contribution is 5.43. The Hall–Kier alpha value is -1.84. The summed E-state index contributed by atoms with van der Waals surface area (Å²) in [5.41, 5.74) is 3.34. The zero-order chi connectivity index (χ0) is 20.7. The molecule has 2 aromatic rings. The van der Waals surface area contributed by atoms with E-state index < -0.39 is 0 Å². The highest BCUT2D eigenvalue weighted by Gasteiger charge is 2.21. The molecule has 2 aromatic carbocycles. The maximum atomic E-state index is 10.7. The predicted octanol–water partition coefficient (Wildman–Crippen LogP) is 5.96. The third-order valence-corrected chi connectivity index (χ3v) is 5.26. The Balaban J connectivity index is 2.33. The molecule has 0 bridgehead atoms. The first kappa shape index (κ1) is 22.4. The molecule has 0 saturated heterocycles. The van der Waals surface area contributed by atoms with E-state index >= 15 is 0 Å². The molecule has 1 N–H and O–H groups in total. The van der Waals surface area contributed by atoms with Crippen LogP contribution in [0.2, 0.25) is 0 Å². The summed E-state index contributed by atoms with van der Waals surface area (Å²) in [6, 6.07) is 17.4. The van der Waals surface area contributed by atoms with Crippen LogP contribution in [-0.4, -0.2) is 34.7 Å². The summed E-state index contributed by atoms with van der Waals surface area (Å²) in [5.74, 6) is 0.517. The van der Waals surface area contributed by atoms with E-state index in [9.17, 15) is 5.11 Å². The normalized spacial score (nSPS) is 13.1. The van der Waals surface area contributed by atoms with Crippen LogP contribution >= 0.6 is 0 Å². The van der Waals surface area contributed by atoms with Gasteiger partial charge >= 0.3 is 0 Å². The lowest BCUT2D eigenvalue weighted by atomic mass is 9.86. The molecule has 0 spiro atoms. The number of nitrogens with zero attached hydrogens (tertiary/aromatic N) is 1. The lowest BCUT2D eigenvalue weighted by Crippen LogP contribution is -2.38. The van der Waals surface area contributed by atoms with Crippen molar-refractivity contribution in [2.75, 3.05) is 6.54 Å². The predicted molar refractivity (Wildman–Crippen MR) is 118 cm³/mol. The van der Waals surface area contributed by atoms with Crippen LogP contribution in [0.15, 0.2) is 48.5 Å². The molecule has 0 aliphatic heterocycles. The van der Waals surface area contributed by atoms with Crippen LogP contribution in [0.25, 0.3) is 0 Å². The van der Waals surface area contributed by atoms with Crippen molar-refractivity contribution in [2.45, 2.75) is 78.7 Å². The largest absolute Gasteiger partial charge is 0.508 e.